The monoisotopic (exact) mass is 442 g/mol. The first-order chi connectivity index (χ1) is 14.9. The molecule has 1 heterocycles. The summed E-state index contributed by atoms with van der Waals surface area (Å²) in [6.07, 6.45) is 2.54. The summed E-state index contributed by atoms with van der Waals surface area (Å²) in [6, 6.07) is 12.9. The smallest absolute Gasteiger partial charge is 0.260 e. The number of ether oxygens (including phenoxy) is 2. The van der Waals surface area contributed by atoms with Crippen LogP contribution in [0.25, 0.3) is 0 Å². The Morgan fingerprint density at radius 2 is 1.87 bits per heavy atom. The zero-order chi connectivity index (χ0) is 22.0. The number of anilines is 1. The Kier molecular flexibility index (Phi) is 6.10. The first kappa shape index (κ1) is 21.5. The number of rotatable bonds is 6. The van der Waals surface area contributed by atoms with E-state index < -0.39 is 0 Å². The molecule has 1 saturated heterocycles. The number of aryl methyl sites for hydroxylation is 1. The van der Waals surface area contributed by atoms with Crippen LogP contribution >= 0.6 is 11.6 Å². The number of piperidine rings is 1. The number of hydrogen-bond donors (Lipinski definition) is 1. The molecular weight excluding hydrogens is 416 g/mol. The van der Waals surface area contributed by atoms with Gasteiger partial charge in [0.2, 0.25) is 5.91 Å². The van der Waals surface area contributed by atoms with Gasteiger partial charge in [-0.25, -0.2) is 0 Å². The van der Waals surface area contributed by atoms with E-state index in [0.29, 0.717) is 35.3 Å². The molecule has 1 aliphatic heterocycles. The molecule has 1 atom stereocenters. The molecule has 31 heavy (non-hydrogen) atoms. The first-order valence-electron chi connectivity index (χ1n) is 10.5. The fraction of sp³-hybridized carbons (Fsp3) is 0.417. The van der Waals surface area contributed by atoms with Gasteiger partial charge in [0.15, 0.2) is 6.61 Å². The number of benzene rings is 2. The maximum atomic E-state index is 12.7. The third kappa shape index (κ3) is 4.79. The molecule has 1 N–H and O–H groups in total. The Labute approximate surface area is 187 Å². The van der Waals surface area contributed by atoms with Crippen LogP contribution in [-0.2, 0) is 9.59 Å². The van der Waals surface area contributed by atoms with E-state index in [2.05, 4.69) is 5.32 Å². The minimum atomic E-state index is -0.0190. The highest BCUT2D eigenvalue weighted by Crippen LogP contribution is 2.59. The Hall–Kier alpha value is -2.73. The predicted molar refractivity (Wildman–Crippen MR) is 120 cm³/mol. The van der Waals surface area contributed by atoms with Gasteiger partial charge in [0, 0.05) is 24.7 Å². The van der Waals surface area contributed by atoms with E-state index in [1.165, 1.54) is 0 Å². The number of nitrogens with zero attached hydrogens (tertiary/aromatic N) is 1. The van der Waals surface area contributed by atoms with Crippen LogP contribution in [0.5, 0.6) is 11.5 Å². The average molecular weight is 443 g/mol. The van der Waals surface area contributed by atoms with E-state index in [-0.39, 0.29) is 29.8 Å². The van der Waals surface area contributed by atoms with Crippen molar-refractivity contribution in [1.29, 1.82) is 0 Å². The highest BCUT2D eigenvalue weighted by atomic mass is 35.5. The second-order valence-corrected chi connectivity index (χ2v) is 8.85. The maximum absolute atomic E-state index is 12.7. The Balaban J connectivity index is 1.25. The fourth-order valence-electron chi connectivity index (χ4n) is 4.32. The number of halogens is 1. The summed E-state index contributed by atoms with van der Waals surface area (Å²) in [5.41, 5.74) is 1.83. The quantitative estimate of drug-likeness (QED) is 0.724. The number of nitrogens with one attached hydrogen (secondary N) is 1. The van der Waals surface area contributed by atoms with E-state index in [0.717, 1.165) is 24.8 Å². The van der Waals surface area contributed by atoms with Gasteiger partial charge in [-0.1, -0.05) is 29.3 Å². The second-order valence-electron chi connectivity index (χ2n) is 8.44. The molecule has 2 aromatic carbocycles. The van der Waals surface area contributed by atoms with Gasteiger partial charge in [0.1, 0.15) is 11.5 Å². The van der Waals surface area contributed by atoms with Gasteiger partial charge < -0.3 is 19.7 Å². The third-order valence-electron chi connectivity index (χ3n) is 6.42. The van der Waals surface area contributed by atoms with E-state index >= 15 is 0 Å². The molecule has 6 nitrogen and oxygen atoms in total. The van der Waals surface area contributed by atoms with Crippen molar-refractivity contribution in [1.82, 2.24) is 4.90 Å². The fourth-order valence-corrected chi connectivity index (χ4v) is 4.57. The number of amides is 2. The molecule has 2 aromatic rings. The first-order valence-corrected chi connectivity index (χ1v) is 10.9. The highest BCUT2D eigenvalue weighted by Gasteiger charge is 2.58. The molecule has 164 valence electrons. The summed E-state index contributed by atoms with van der Waals surface area (Å²) in [5.74, 6) is 1.26. The summed E-state index contributed by atoms with van der Waals surface area (Å²) >= 11 is 6.14. The molecule has 1 aliphatic carbocycles. The SMILES string of the molecule is COc1ccc(NC(=O)[C@@H]2CC23CCN(C(=O)COc2ccc(C)cc2)CC3)cc1Cl. The Morgan fingerprint density at radius 3 is 2.52 bits per heavy atom. The number of methoxy groups -OCH3 is 1. The topological polar surface area (TPSA) is 67.9 Å². The summed E-state index contributed by atoms with van der Waals surface area (Å²) in [7, 11) is 1.55. The van der Waals surface area contributed by atoms with E-state index in [9.17, 15) is 9.59 Å². The summed E-state index contributed by atoms with van der Waals surface area (Å²) < 4.78 is 10.8. The van der Waals surface area contributed by atoms with Crippen LogP contribution in [-0.4, -0.2) is 43.5 Å². The largest absolute Gasteiger partial charge is 0.495 e. The van der Waals surface area contributed by atoms with Gasteiger partial charge in [-0.3, -0.25) is 9.59 Å². The van der Waals surface area contributed by atoms with Gasteiger partial charge in [-0.2, -0.15) is 0 Å². The molecule has 0 bridgehead atoms. The molecular formula is C24H27ClN2O4. The summed E-state index contributed by atoms with van der Waals surface area (Å²) in [4.78, 5) is 27.1. The van der Waals surface area contributed by atoms with Crippen molar-refractivity contribution in [2.24, 2.45) is 11.3 Å². The van der Waals surface area contributed by atoms with Crippen LogP contribution in [0, 0.1) is 18.3 Å². The Morgan fingerprint density at radius 1 is 1.16 bits per heavy atom. The van der Waals surface area contributed by atoms with Crippen LogP contribution in [0.4, 0.5) is 5.69 Å². The van der Waals surface area contributed by atoms with E-state index in [1.54, 1.807) is 25.3 Å². The van der Waals surface area contributed by atoms with Crippen LogP contribution < -0.4 is 14.8 Å². The number of likely N-dealkylation sites (tertiary alicyclic amines) is 1. The maximum Gasteiger partial charge on any atom is 0.260 e. The lowest BCUT2D eigenvalue weighted by Crippen LogP contribution is -2.42. The molecule has 4 rings (SSSR count). The minimum Gasteiger partial charge on any atom is -0.495 e. The molecule has 0 radical (unpaired) electrons. The van der Waals surface area contributed by atoms with Crippen LogP contribution in [0.1, 0.15) is 24.8 Å². The minimum absolute atomic E-state index is 0.00887. The lowest BCUT2D eigenvalue weighted by atomic mass is 9.90. The van der Waals surface area contributed by atoms with Gasteiger partial charge >= 0.3 is 0 Å². The molecule has 1 spiro atoms. The molecule has 2 aliphatic rings. The summed E-state index contributed by atoms with van der Waals surface area (Å²) in [5, 5.41) is 3.43. The van der Waals surface area contributed by atoms with Crippen molar-refractivity contribution in [3.05, 3.63) is 53.1 Å². The van der Waals surface area contributed by atoms with Gasteiger partial charge in [-0.15, -0.1) is 0 Å². The van der Waals surface area contributed by atoms with Crippen molar-refractivity contribution in [2.75, 3.05) is 32.1 Å². The number of hydrogen-bond acceptors (Lipinski definition) is 4. The van der Waals surface area contributed by atoms with Gasteiger partial charge in [0.05, 0.1) is 12.1 Å². The molecule has 0 unspecified atom stereocenters. The van der Waals surface area contributed by atoms with Gasteiger partial charge in [-0.05, 0) is 61.9 Å². The third-order valence-corrected chi connectivity index (χ3v) is 6.72. The molecule has 2 fully saturated rings. The Bertz CT molecular complexity index is 968. The van der Waals surface area contributed by atoms with Crippen molar-refractivity contribution >= 4 is 29.1 Å². The van der Waals surface area contributed by atoms with Crippen molar-refractivity contribution in [3.63, 3.8) is 0 Å². The normalized spacial score (nSPS) is 19.1. The predicted octanol–water partition coefficient (Wildman–Crippen LogP) is 4.30. The number of carbonyl (C=O) groups is 2. The zero-order valence-corrected chi connectivity index (χ0v) is 18.6. The van der Waals surface area contributed by atoms with Crippen LogP contribution in [0.15, 0.2) is 42.5 Å². The average Bonchev–Trinajstić information content (AvgIpc) is 3.47. The van der Waals surface area contributed by atoms with Crippen LogP contribution in [0.3, 0.4) is 0 Å². The van der Waals surface area contributed by atoms with E-state index in [4.69, 9.17) is 21.1 Å². The van der Waals surface area contributed by atoms with Crippen molar-refractivity contribution in [3.8, 4) is 11.5 Å². The number of carbonyl (C=O) groups excluding carboxylic acids is 2. The molecule has 0 aromatic heterocycles. The lowest BCUT2D eigenvalue weighted by molar-refractivity contribution is -0.135. The molecule has 1 saturated carbocycles. The second kappa shape index (κ2) is 8.79. The summed E-state index contributed by atoms with van der Waals surface area (Å²) in [6.45, 7) is 3.37. The molecule has 7 heteroatoms. The van der Waals surface area contributed by atoms with Crippen LogP contribution in [0.2, 0.25) is 5.02 Å². The lowest BCUT2D eigenvalue weighted by Gasteiger charge is -2.32. The van der Waals surface area contributed by atoms with Crippen molar-refractivity contribution in [2.45, 2.75) is 26.2 Å². The standard InChI is InChI=1S/C24H27ClN2O4/c1-16-3-6-18(7-4-16)31-15-22(28)27-11-9-24(10-12-27)14-19(24)23(29)26-17-5-8-21(30-2)20(25)13-17/h3-8,13,19H,9-12,14-15H2,1-2H3,(H,26,29)/t19-/m0/s1. The van der Waals surface area contributed by atoms with E-state index in [1.807, 2.05) is 36.1 Å². The van der Waals surface area contributed by atoms with Gasteiger partial charge in [0.25, 0.3) is 5.91 Å². The van der Waals surface area contributed by atoms with Crippen molar-refractivity contribution < 1.29 is 19.1 Å². The molecule has 2 amide bonds. The zero-order valence-electron chi connectivity index (χ0n) is 17.8. The highest BCUT2D eigenvalue weighted by molar-refractivity contribution is 6.32.